The van der Waals surface area contributed by atoms with Crippen LogP contribution in [-0.2, 0) is 12.8 Å². The number of hydrogen-bond donors (Lipinski definition) is 1. The Bertz CT molecular complexity index is 983. The van der Waals surface area contributed by atoms with E-state index in [9.17, 15) is 18.3 Å². The van der Waals surface area contributed by atoms with Gasteiger partial charge in [0.1, 0.15) is 0 Å². The molecule has 0 radical (unpaired) electrons. The van der Waals surface area contributed by atoms with E-state index in [1.807, 2.05) is 18.2 Å². The summed E-state index contributed by atoms with van der Waals surface area (Å²) in [7, 11) is 0. The van der Waals surface area contributed by atoms with Crippen molar-refractivity contribution in [3.8, 4) is 11.1 Å². The van der Waals surface area contributed by atoms with Crippen LogP contribution < -0.4 is 4.90 Å². The van der Waals surface area contributed by atoms with Crippen LogP contribution >= 0.6 is 0 Å². The average Bonchev–Trinajstić information content (AvgIpc) is 2.79. The number of piperidine rings is 1. The third kappa shape index (κ3) is 4.31. The van der Waals surface area contributed by atoms with Crippen molar-refractivity contribution in [2.75, 3.05) is 18.0 Å². The summed E-state index contributed by atoms with van der Waals surface area (Å²) in [6, 6.07) is 12.7. The molecule has 2 aromatic carbocycles. The molecular formula is C23H22F3N3O. The van der Waals surface area contributed by atoms with Gasteiger partial charge in [0.15, 0.2) is 0 Å². The van der Waals surface area contributed by atoms with Crippen LogP contribution in [0.25, 0.3) is 11.1 Å². The van der Waals surface area contributed by atoms with E-state index in [0.29, 0.717) is 0 Å². The minimum absolute atomic E-state index is 0.0648. The van der Waals surface area contributed by atoms with Crippen molar-refractivity contribution >= 4 is 5.95 Å². The molecule has 0 saturated carbocycles. The lowest BCUT2D eigenvalue weighted by molar-refractivity contribution is -0.137. The molecule has 1 aromatic heterocycles. The third-order valence-electron chi connectivity index (χ3n) is 5.63. The number of halogens is 3. The average molecular weight is 413 g/mol. The maximum Gasteiger partial charge on any atom is 0.416 e. The maximum atomic E-state index is 12.8. The van der Waals surface area contributed by atoms with E-state index in [0.717, 1.165) is 66.3 Å². The molecule has 1 aliphatic rings. The third-order valence-corrected chi connectivity index (χ3v) is 5.63. The SMILES string of the molecule is OCc1ccc(-c2ccc(C(F)(F)F)cc2)cc1C1CCN(c2ncccn2)CC1. The summed E-state index contributed by atoms with van der Waals surface area (Å²) in [6.45, 7) is 1.55. The molecule has 1 N–H and O–H groups in total. The van der Waals surface area contributed by atoms with Gasteiger partial charge in [-0.3, -0.25) is 0 Å². The van der Waals surface area contributed by atoms with E-state index in [1.54, 1.807) is 18.5 Å². The van der Waals surface area contributed by atoms with Crippen LogP contribution in [0.5, 0.6) is 0 Å². The van der Waals surface area contributed by atoms with Gasteiger partial charge < -0.3 is 10.0 Å². The summed E-state index contributed by atoms with van der Waals surface area (Å²) >= 11 is 0. The number of hydrogen-bond acceptors (Lipinski definition) is 4. The number of aliphatic hydroxyl groups excluding tert-OH is 1. The summed E-state index contributed by atoms with van der Waals surface area (Å²) in [5.74, 6) is 0.985. The predicted octanol–water partition coefficient (Wildman–Crippen LogP) is 5.04. The Morgan fingerprint density at radius 2 is 1.57 bits per heavy atom. The fourth-order valence-corrected chi connectivity index (χ4v) is 4.00. The summed E-state index contributed by atoms with van der Waals surface area (Å²) in [5.41, 5.74) is 2.84. The zero-order chi connectivity index (χ0) is 21.1. The van der Waals surface area contributed by atoms with Gasteiger partial charge in [-0.25, -0.2) is 9.97 Å². The Labute approximate surface area is 173 Å². The second-order valence-electron chi connectivity index (χ2n) is 7.46. The lowest BCUT2D eigenvalue weighted by Crippen LogP contribution is -2.34. The van der Waals surface area contributed by atoms with Gasteiger partial charge in [-0.15, -0.1) is 0 Å². The highest BCUT2D eigenvalue weighted by molar-refractivity contribution is 5.65. The van der Waals surface area contributed by atoms with Gasteiger partial charge in [0, 0.05) is 25.5 Å². The first kappa shape index (κ1) is 20.3. The summed E-state index contributed by atoms with van der Waals surface area (Å²) in [5, 5.41) is 9.81. The van der Waals surface area contributed by atoms with Crippen molar-refractivity contribution in [3.05, 3.63) is 77.6 Å². The molecular weight excluding hydrogens is 391 g/mol. The molecule has 156 valence electrons. The van der Waals surface area contributed by atoms with Crippen LogP contribution in [-0.4, -0.2) is 28.2 Å². The van der Waals surface area contributed by atoms with Gasteiger partial charge in [-0.2, -0.15) is 13.2 Å². The molecule has 4 rings (SSSR count). The number of alkyl halides is 3. The summed E-state index contributed by atoms with van der Waals surface area (Å²) in [4.78, 5) is 10.8. The topological polar surface area (TPSA) is 49.2 Å². The second-order valence-corrected chi connectivity index (χ2v) is 7.46. The Kier molecular flexibility index (Phi) is 5.72. The lowest BCUT2D eigenvalue weighted by atomic mass is 9.85. The van der Waals surface area contributed by atoms with Crippen molar-refractivity contribution in [1.82, 2.24) is 9.97 Å². The van der Waals surface area contributed by atoms with Crippen LogP contribution in [0.3, 0.4) is 0 Å². The minimum atomic E-state index is -4.35. The smallest absolute Gasteiger partial charge is 0.392 e. The van der Waals surface area contributed by atoms with Crippen molar-refractivity contribution < 1.29 is 18.3 Å². The molecule has 7 heteroatoms. The molecule has 0 atom stereocenters. The lowest BCUT2D eigenvalue weighted by Gasteiger charge is -2.33. The number of nitrogens with zero attached hydrogens (tertiary/aromatic N) is 3. The highest BCUT2D eigenvalue weighted by atomic mass is 19.4. The van der Waals surface area contributed by atoms with E-state index in [-0.39, 0.29) is 12.5 Å². The summed E-state index contributed by atoms with van der Waals surface area (Å²) < 4.78 is 38.5. The van der Waals surface area contributed by atoms with Crippen molar-refractivity contribution in [2.45, 2.75) is 31.5 Å². The Morgan fingerprint density at radius 3 is 2.17 bits per heavy atom. The Hall–Kier alpha value is -2.93. The monoisotopic (exact) mass is 413 g/mol. The first-order valence-electron chi connectivity index (χ1n) is 9.89. The van der Waals surface area contributed by atoms with Gasteiger partial charge in [-0.1, -0.05) is 30.3 Å². The van der Waals surface area contributed by atoms with Crippen molar-refractivity contribution in [3.63, 3.8) is 0 Å². The van der Waals surface area contributed by atoms with Crippen LogP contribution in [0, 0.1) is 0 Å². The molecule has 0 aliphatic carbocycles. The quantitative estimate of drug-likeness (QED) is 0.651. The number of aliphatic hydroxyl groups is 1. The van der Waals surface area contributed by atoms with E-state index < -0.39 is 11.7 Å². The molecule has 3 aromatic rings. The van der Waals surface area contributed by atoms with Crippen molar-refractivity contribution in [1.29, 1.82) is 0 Å². The fraction of sp³-hybridized carbons (Fsp3) is 0.304. The van der Waals surface area contributed by atoms with Crippen molar-refractivity contribution in [2.24, 2.45) is 0 Å². The van der Waals surface area contributed by atoms with E-state index in [2.05, 4.69) is 14.9 Å². The standard InChI is InChI=1S/C23H22F3N3O/c24-23(25,26)20-6-4-16(5-7-20)18-2-3-19(15-30)21(14-18)17-8-12-29(13-9-17)22-27-10-1-11-28-22/h1-7,10-11,14,17,30H,8-9,12-13,15H2. The molecule has 30 heavy (non-hydrogen) atoms. The minimum Gasteiger partial charge on any atom is -0.392 e. The molecule has 1 fully saturated rings. The zero-order valence-corrected chi connectivity index (χ0v) is 16.3. The van der Waals surface area contributed by atoms with Gasteiger partial charge in [0.2, 0.25) is 5.95 Å². The molecule has 0 unspecified atom stereocenters. The second kappa shape index (κ2) is 8.44. The van der Waals surface area contributed by atoms with Crippen LogP contribution in [0.2, 0.25) is 0 Å². The molecule has 1 saturated heterocycles. The number of aromatic nitrogens is 2. The van der Waals surface area contributed by atoms with E-state index in [1.165, 1.54) is 12.1 Å². The zero-order valence-electron chi connectivity index (χ0n) is 16.3. The number of anilines is 1. The van der Waals surface area contributed by atoms with Gasteiger partial charge in [0.25, 0.3) is 0 Å². The number of rotatable bonds is 4. The van der Waals surface area contributed by atoms with Gasteiger partial charge >= 0.3 is 6.18 Å². The maximum absolute atomic E-state index is 12.8. The normalized spacial score (nSPS) is 15.4. The van der Waals surface area contributed by atoms with Gasteiger partial charge in [-0.05, 0) is 59.2 Å². The molecule has 4 nitrogen and oxygen atoms in total. The molecule has 0 amide bonds. The molecule has 2 heterocycles. The molecule has 0 spiro atoms. The predicted molar refractivity (Wildman–Crippen MR) is 109 cm³/mol. The highest BCUT2D eigenvalue weighted by Crippen LogP contribution is 2.35. The van der Waals surface area contributed by atoms with Crippen LogP contribution in [0.1, 0.15) is 35.4 Å². The highest BCUT2D eigenvalue weighted by Gasteiger charge is 2.30. The Balaban J connectivity index is 1.55. The number of benzene rings is 2. The Morgan fingerprint density at radius 1 is 0.933 bits per heavy atom. The molecule has 1 aliphatic heterocycles. The fourth-order valence-electron chi connectivity index (χ4n) is 4.00. The first-order chi connectivity index (χ1) is 14.5. The van der Waals surface area contributed by atoms with Crippen LogP contribution in [0.15, 0.2) is 60.9 Å². The van der Waals surface area contributed by atoms with Crippen LogP contribution in [0.4, 0.5) is 19.1 Å². The molecule has 0 bridgehead atoms. The summed E-state index contributed by atoms with van der Waals surface area (Å²) in [6.07, 6.45) is 0.891. The van der Waals surface area contributed by atoms with Gasteiger partial charge in [0.05, 0.1) is 12.2 Å². The first-order valence-corrected chi connectivity index (χ1v) is 9.89. The van der Waals surface area contributed by atoms with E-state index in [4.69, 9.17) is 0 Å². The largest absolute Gasteiger partial charge is 0.416 e. The van der Waals surface area contributed by atoms with E-state index >= 15 is 0 Å².